The zero-order valence-electron chi connectivity index (χ0n) is 15.2. The molecule has 0 aromatic carbocycles. The van der Waals surface area contributed by atoms with Crippen LogP contribution in [-0.4, -0.2) is 33.6 Å². The van der Waals surface area contributed by atoms with Gasteiger partial charge in [0.05, 0.1) is 17.3 Å². The van der Waals surface area contributed by atoms with Gasteiger partial charge in [-0.25, -0.2) is 0 Å². The number of allylic oxidation sites excluding steroid dienone is 3. The topological polar surface area (TPSA) is 53.0 Å². The maximum Gasteiger partial charge on any atom is 0.113 e. The molecule has 0 aromatic rings. The number of rotatable bonds is 3. The van der Waals surface area contributed by atoms with Crippen molar-refractivity contribution < 1.29 is 14.9 Å². The van der Waals surface area contributed by atoms with E-state index in [1.165, 1.54) is 5.57 Å². The lowest BCUT2D eigenvalue weighted by Gasteiger charge is -2.37. The van der Waals surface area contributed by atoms with Gasteiger partial charge in [0.15, 0.2) is 0 Å². The molecule has 0 amide bonds. The van der Waals surface area contributed by atoms with Crippen molar-refractivity contribution >= 4 is 0 Å². The van der Waals surface area contributed by atoms with E-state index in [9.17, 15) is 10.2 Å². The summed E-state index contributed by atoms with van der Waals surface area (Å²) in [7, 11) is 0. The van der Waals surface area contributed by atoms with E-state index in [-0.39, 0.29) is 23.2 Å². The van der Waals surface area contributed by atoms with E-state index < -0.39 is 5.60 Å². The summed E-state index contributed by atoms with van der Waals surface area (Å²) >= 11 is 0. The van der Waals surface area contributed by atoms with Gasteiger partial charge < -0.3 is 14.9 Å². The Morgan fingerprint density at radius 1 is 1.22 bits per heavy atom. The van der Waals surface area contributed by atoms with Crippen LogP contribution in [-0.2, 0) is 4.74 Å². The van der Waals surface area contributed by atoms with Crippen LogP contribution in [0.4, 0.5) is 0 Å². The fourth-order valence-corrected chi connectivity index (χ4v) is 4.96. The van der Waals surface area contributed by atoms with Crippen LogP contribution >= 0.6 is 0 Å². The molecular weight excluding hydrogens is 288 g/mol. The van der Waals surface area contributed by atoms with Crippen LogP contribution in [0.2, 0.25) is 0 Å². The molecule has 0 radical (unpaired) electrons. The first-order valence-electron chi connectivity index (χ1n) is 9.01. The number of hydrogen-bond acceptors (Lipinski definition) is 3. The lowest BCUT2D eigenvalue weighted by molar-refractivity contribution is -0.0165. The van der Waals surface area contributed by atoms with Crippen molar-refractivity contribution in [2.24, 2.45) is 17.3 Å². The number of epoxide rings is 1. The van der Waals surface area contributed by atoms with Gasteiger partial charge in [-0.05, 0) is 70.6 Å². The third kappa shape index (κ3) is 3.04. The molecule has 3 aliphatic rings. The van der Waals surface area contributed by atoms with Crippen molar-refractivity contribution in [1.82, 2.24) is 0 Å². The third-order valence-electron chi connectivity index (χ3n) is 6.63. The minimum absolute atomic E-state index is 0.0291. The molecule has 0 spiro atoms. The molecule has 1 aliphatic heterocycles. The van der Waals surface area contributed by atoms with E-state index in [2.05, 4.69) is 26.8 Å². The molecule has 0 unspecified atom stereocenters. The largest absolute Gasteiger partial charge is 0.390 e. The molecular formula is C20H32O3. The molecule has 0 aromatic heterocycles. The third-order valence-corrected chi connectivity index (χ3v) is 6.63. The molecule has 1 heterocycles. The average Bonchev–Trinajstić information content (AvgIpc) is 2.99. The number of aliphatic hydroxyl groups excluding tert-OH is 1. The predicted octanol–water partition coefficient (Wildman–Crippen LogP) is 3.60. The fraction of sp³-hybridized carbons (Fsp3) is 0.800. The van der Waals surface area contributed by atoms with Crippen molar-refractivity contribution in [3.63, 3.8) is 0 Å². The number of ether oxygens (including phenoxy) is 1. The molecule has 23 heavy (non-hydrogen) atoms. The first-order valence-corrected chi connectivity index (χ1v) is 9.01. The summed E-state index contributed by atoms with van der Waals surface area (Å²) in [5, 5.41) is 20.7. The molecule has 2 N–H and O–H groups in total. The van der Waals surface area contributed by atoms with Crippen LogP contribution in [0, 0.1) is 17.3 Å². The average molecular weight is 320 g/mol. The highest BCUT2D eigenvalue weighted by Gasteiger charge is 2.65. The first kappa shape index (κ1) is 17.2. The van der Waals surface area contributed by atoms with Crippen LogP contribution in [0.25, 0.3) is 0 Å². The van der Waals surface area contributed by atoms with E-state index >= 15 is 0 Å². The van der Waals surface area contributed by atoms with Crippen molar-refractivity contribution in [2.45, 2.75) is 83.7 Å². The normalized spacial score (nSPS) is 47.3. The van der Waals surface area contributed by atoms with Gasteiger partial charge in [0.2, 0.25) is 0 Å². The van der Waals surface area contributed by atoms with Gasteiger partial charge in [0, 0.05) is 0 Å². The summed E-state index contributed by atoms with van der Waals surface area (Å²) in [6.07, 6.45) is 10.0. The van der Waals surface area contributed by atoms with Crippen LogP contribution in [0.3, 0.4) is 0 Å². The summed E-state index contributed by atoms with van der Waals surface area (Å²) in [5.41, 5.74) is 0.481. The molecule has 0 bridgehead atoms. The van der Waals surface area contributed by atoms with Gasteiger partial charge in [-0.1, -0.05) is 30.7 Å². The van der Waals surface area contributed by atoms with Crippen LogP contribution < -0.4 is 0 Å². The summed E-state index contributed by atoms with van der Waals surface area (Å²) in [6, 6.07) is 0. The van der Waals surface area contributed by atoms with E-state index in [1.54, 1.807) is 13.8 Å². The van der Waals surface area contributed by atoms with Crippen LogP contribution in [0.15, 0.2) is 23.8 Å². The minimum atomic E-state index is -0.771. The lowest BCUT2D eigenvalue weighted by atomic mass is 9.70. The summed E-state index contributed by atoms with van der Waals surface area (Å²) in [5.74, 6) is 1.06. The van der Waals surface area contributed by atoms with Crippen molar-refractivity contribution in [2.75, 3.05) is 0 Å². The van der Waals surface area contributed by atoms with Crippen molar-refractivity contribution in [1.29, 1.82) is 0 Å². The van der Waals surface area contributed by atoms with Gasteiger partial charge in [0.1, 0.15) is 6.10 Å². The van der Waals surface area contributed by atoms with Gasteiger partial charge in [-0.15, -0.1) is 0 Å². The van der Waals surface area contributed by atoms with E-state index in [4.69, 9.17) is 4.74 Å². The summed E-state index contributed by atoms with van der Waals surface area (Å²) < 4.78 is 5.83. The molecule has 2 saturated carbocycles. The predicted molar refractivity (Wildman–Crippen MR) is 92.0 cm³/mol. The molecule has 3 heteroatoms. The first-order chi connectivity index (χ1) is 10.6. The highest BCUT2D eigenvalue weighted by atomic mass is 16.6. The lowest BCUT2D eigenvalue weighted by Crippen LogP contribution is -2.40. The van der Waals surface area contributed by atoms with E-state index in [0.717, 1.165) is 25.7 Å². The van der Waals surface area contributed by atoms with Gasteiger partial charge in [0.25, 0.3) is 0 Å². The van der Waals surface area contributed by atoms with Gasteiger partial charge >= 0.3 is 0 Å². The highest BCUT2D eigenvalue weighted by molar-refractivity contribution is 5.22. The SMILES string of the molecule is C/C(=C\C=C\C(C)(C)O)[C@H]1CC[C@]2(C)[C@@H]1CC[C@]1(C)O[C@@H]1[C@@H]2O. The molecule has 3 rings (SSSR count). The van der Waals surface area contributed by atoms with E-state index in [0.29, 0.717) is 11.8 Å². The van der Waals surface area contributed by atoms with Gasteiger partial charge in [-0.3, -0.25) is 0 Å². The maximum absolute atomic E-state index is 10.9. The Bertz CT molecular complexity index is 529. The van der Waals surface area contributed by atoms with Gasteiger partial charge in [-0.2, -0.15) is 0 Å². The second kappa shape index (κ2) is 5.44. The highest BCUT2D eigenvalue weighted by Crippen LogP contribution is 2.61. The molecule has 2 aliphatic carbocycles. The number of fused-ring (bicyclic) bond motifs is 2. The molecule has 1 saturated heterocycles. The number of aliphatic hydroxyl groups is 2. The Kier molecular flexibility index (Phi) is 4.06. The van der Waals surface area contributed by atoms with E-state index in [1.807, 2.05) is 12.2 Å². The quantitative estimate of drug-likeness (QED) is 0.617. The van der Waals surface area contributed by atoms with Crippen LogP contribution in [0.5, 0.6) is 0 Å². The smallest absolute Gasteiger partial charge is 0.113 e. The second-order valence-corrected chi connectivity index (χ2v) is 9.02. The number of hydrogen-bond donors (Lipinski definition) is 2. The Hall–Kier alpha value is -0.640. The molecule has 3 nitrogen and oxygen atoms in total. The summed E-state index contributed by atoms with van der Waals surface area (Å²) in [4.78, 5) is 0. The standard InChI is InChI=1S/C20H32O3/c1-13(7-6-10-18(2,3)22)14-8-11-19(4)15(14)9-12-20(5)17(23-20)16(19)21/h6-7,10,14-17,21-22H,8-9,11-12H2,1-5H3/b10-6+,13-7+/t14-,15-,16+,17-,19-,20+/m1/s1. The Morgan fingerprint density at radius 2 is 1.91 bits per heavy atom. The Morgan fingerprint density at radius 3 is 2.57 bits per heavy atom. The maximum atomic E-state index is 10.9. The van der Waals surface area contributed by atoms with Crippen molar-refractivity contribution in [3.05, 3.63) is 23.8 Å². The zero-order chi connectivity index (χ0) is 17.0. The Labute approximate surface area is 140 Å². The van der Waals surface area contributed by atoms with Crippen molar-refractivity contribution in [3.8, 4) is 0 Å². The molecule has 3 fully saturated rings. The Balaban J connectivity index is 1.78. The zero-order valence-corrected chi connectivity index (χ0v) is 15.2. The molecule has 6 atom stereocenters. The summed E-state index contributed by atoms with van der Waals surface area (Å²) in [6.45, 7) is 10.2. The monoisotopic (exact) mass is 320 g/mol. The van der Waals surface area contributed by atoms with Crippen LogP contribution in [0.1, 0.15) is 60.3 Å². The fourth-order valence-electron chi connectivity index (χ4n) is 4.96. The second-order valence-electron chi connectivity index (χ2n) is 9.02. The minimum Gasteiger partial charge on any atom is -0.390 e. The molecule has 130 valence electrons.